The van der Waals surface area contributed by atoms with E-state index in [0.29, 0.717) is 11.4 Å². The Morgan fingerprint density at radius 3 is 2.41 bits per heavy atom. The van der Waals surface area contributed by atoms with Crippen LogP contribution in [0.3, 0.4) is 0 Å². The summed E-state index contributed by atoms with van der Waals surface area (Å²) in [6, 6.07) is 15.0. The van der Waals surface area contributed by atoms with Gasteiger partial charge in [0, 0.05) is 31.0 Å². The maximum absolute atomic E-state index is 13.0. The number of halogens is 1. The van der Waals surface area contributed by atoms with E-state index in [4.69, 9.17) is 0 Å². The number of nitrogens with zero attached hydrogens (tertiary/aromatic N) is 3. The van der Waals surface area contributed by atoms with Gasteiger partial charge in [0.15, 0.2) is 5.82 Å². The van der Waals surface area contributed by atoms with Crippen molar-refractivity contribution >= 4 is 34.9 Å². The number of benzene rings is 2. The van der Waals surface area contributed by atoms with Gasteiger partial charge >= 0.3 is 0 Å². The van der Waals surface area contributed by atoms with Crippen LogP contribution in [-0.4, -0.2) is 45.0 Å². The van der Waals surface area contributed by atoms with Crippen molar-refractivity contribution in [3.8, 4) is 11.4 Å². The van der Waals surface area contributed by atoms with E-state index in [9.17, 15) is 18.8 Å². The molecule has 0 unspecified atom stereocenters. The van der Waals surface area contributed by atoms with E-state index in [1.807, 2.05) is 30.3 Å². The van der Waals surface area contributed by atoms with Crippen molar-refractivity contribution in [2.45, 2.75) is 0 Å². The minimum Gasteiger partial charge on any atom is -0.350 e. The van der Waals surface area contributed by atoms with Crippen LogP contribution < -0.4 is 5.32 Å². The fourth-order valence-corrected chi connectivity index (χ4v) is 3.83. The molecule has 2 aromatic carbocycles. The van der Waals surface area contributed by atoms with Gasteiger partial charge in [0.25, 0.3) is 17.1 Å². The number of carbonyl (C=O) groups is 3. The van der Waals surface area contributed by atoms with Gasteiger partial charge in [-0.3, -0.25) is 19.3 Å². The zero-order chi connectivity index (χ0) is 22.5. The Morgan fingerprint density at radius 1 is 1.03 bits per heavy atom. The molecule has 1 N–H and O–H groups in total. The van der Waals surface area contributed by atoms with Crippen LogP contribution in [0.2, 0.25) is 0 Å². The molecule has 7 nitrogen and oxygen atoms in total. The van der Waals surface area contributed by atoms with Gasteiger partial charge in [-0.15, -0.1) is 0 Å². The zero-order valence-corrected chi connectivity index (χ0v) is 17.5. The molecule has 0 radical (unpaired) electrons. The van der Waals surface area contributed by atoms with Crippen molar-refractivity contribution in [2.24, 2.45) is 0 Å². The number of hydrogen-bond donors (Lipinski definition) is 1. The number of aromatic nitrogens is 2. The Labute approximate surface area is 187 Å². The summed E-state index contributed by atoms with van der Waals surface area (Å²) in [5.41, 5.74) is 1.73. The van der Waals surface area contributed by atoms with E-state index >= 15 is 0 Å². The van der Waals surface area contributed by atoms with E-state index < -0.39 is 17.1 Å². The lowest BCUT2D eigenvalue weighted by Gasteiger charge is -2.13. The maximum Gasteiger partial charge on any atom is 0.293 e. The molecule has 4 rings (SSSR count). The van der Waals surface area contributed by atoms with Crippen molar-refractivity contribution in [3.63, 3.8) is 0 Å². The second kappa shape index (κ2) is 9.52. The topological polar surface area (TPSA) is 92.3 Å². The predicted molar refractivity (Wildman–Crippen MR) is 119 cm³/mol. The van der Waals surface area contributed by atoms with E-state index in [0.717, 1.165) is 22.2 Å². The van der Waals surface area contributed by atoms with Crippen LogP contribution in [0.4, 0.5) is 9.18 Å². The molecule has 1 saturated heterocycles. The van der Waals surface area contributed by atoms with Crippen LogP contribution in [0, 0.1) is 5.82 Å². The normalized spacial score (nSPS) is 14.8. The van der Waals surface area contributed by atoms with Gasteiger partial charge in [-0.25, -0.2) is 14.4 Å². The molecule has 0 saturated carbocycles. The monoisotopic (exact) mass is 448 g/mol. The first-order valence-electron chi connectivity index (χ1n) is 9.68. The summed E-state index contributed by atoms with van der Waals surface area (Å²) < 4.78 is 13.0. The average molecular weight is 448 g/mol. The molecule has 0 atom stereocenters. The fraction of sp³-hybridized carbons (Fsp3) is 0.0870. The molecule has 1 aliphatic rings. The van der Waals surface area contributed by atoms with Gasteiger partial charge in [-0.05, 0) is 35.5 Å². The second-order valence-corrected chi connectivity index (χ2v) is 7.80. The summed E-state index contributed by atoms with van der Waals surface area (Å²) >= 11 is 0.808. The van der Waals surface area contributed by atoms with Crippen LogP contribution in [0.25, 0.3) is 17.5 Å². The van der Waals surface area contributed by atoms with Crippen molar-refractivity contribution in [2.75, 3.05) is 13.1 Å². The number of hydrogen-bond acceptors (Lipinski definition) is 6. The Hall–Kier alpha value is -3.85. The molecule has 0 aliphatic carbocycles. The molecule has 0 spiro atoms. The maximum atomic E-state index is 13.0. The Kier molecular flexibility index (Phi) is 6.37. The summed E-state index contributed by atoms with van der Waals surface area (Å²) in [6.45, 7) is 0.112. The number of carbonyl (C=O) groups excluding carboxylic acids is 3. The molecular weight excluding hydrogens is 431 g/mol. The summed E-state index contributed by atoms with van der Waals surface area (Å²) in [7, 11) is 0. The number of imide groups is 1. The predicted octanol–water partition coefficient (Wildman–Crippen LogP) is 3.75. The summed E-state index contributed by atoms with van der Waals surface area (Å²) in [6.07, 6.45) is 4.39. The number of amides is 3. The molecule has 0 bridgehead atoms. The standard InChI is InChI=1S/C23H17FN4O3S/c24-18-8-6-15(7-9-18)12-19-22(30)28(23(31)32-19)11-10-25-21(29)17-13-26-20(27-14-17)16-4-2-1-3-5-16/h1-9,12-14H,10-11H2,(H,25,29)/b19-12-. The third-order valence-electron chi connectivity index (χ3n) is 4.61. The Bertz CT molecular complexity index is 1180. The van der Waals surface area contributed by atoms with Gasteiger partial charge in [0.05, 0.1) is 10.5 Å². The molecule has 3 aromatic rings. The van der Waals surface area contributed by atoms with E-state index in [1.165, 1.54) is 42.7 Å². The van der Waals surface area contributed by atoms with E-state index in [-0.39, 0.29) is 29.4 Å². The first kappa shape index (κ1) is 21.4. The van der Waals surface area contributed by atoms with Crippen LogP contribution in [0.15, 0.2) is 71.9 Å². The van der Waals surface area contributed by atoms with Crippen LogP contribution in [-0.2, 0) is 4.79 Å². The molecule has 9 heteroatoms. The van der Waals surface area contributed by atoms with Crippen LogP contribution in [0.5, 0.6) is 0 Å². The molecule has 1 aromatic heterocycles. The fourth-order valence-electron chi connectivity index (χ4n) is 2.97. The largest absolute Gasteiger partial charge is 0.350 e. The van der Waals surface area contributed by atoms with Gasteiger partial charge in [0.1, 0.15) is 5.82 Å². The van der Waals surface area contributed by atoms with Crippen molar-refractivity contribution < 1.29 is 18.8 Å². The van der Waals surface area contributed by atoms with Crippen molar-refractivity contribution in [1.82, 2.24) is 20.2 Å². The second-order valence-electron chi connectivity index (χ2n) is 6.80. The molecule has 1 fully saturated rings. The van der Waals surface area contributed by atoms with Crippen LogP contribution >= 0.6 is 11.8 Å². The minimum absolute atomic E-state index is 0.0279. The zero-order valence-electron chi connectivity index (χ0n) is 16.7. The average Bonchev–Trinajstić information content (AvgIpc) is 3.08. The minimum atomic E-state index is -0.450. The lowest BCUT2D eigenvalue weighted by Crippen LogP contribution is -2.37. The van der Waals surface area contributed by atoms with E-state index in [1.54, 1.807) is 0 Å². The van der Waals surface area contributed by atoms with Gasteiger partial charge < -0.3 is 5.32 Å². The van der Waals surface area contributed by atoms with Crippen LogP contribution in [0.1, 0.15) is 15.9 Å². The smallest absolute Gasteiger partial charge is 0.293 e. The highest BCUT2D eigenvalue weighted by atomic mass is 32.2. The highest BCUT2D eigenvalue weighted by Gasteiger charge is 2.34. The Morgan fingerprint density at radius 2 is 1.72 bits per heavy atom. The van der Waals surface area contributed by atoms with Crippen molar-refractivity contribution in [3.05, 3.63) is 88.8 Å². The third kappa shape index (κ3) is 4.89. The third-order valence-corrected chi connectivity index (χ3v) is 5.52. The molecule has 160 valence electrons. The van der Waals surface area contributed by atoms with Gasteiger partial charge in [-0.1, -0.05) is 42.5 Å². The molecular formula is C23H17FN4O3S. The Balaban J connectivity index is 1.33. The highest BCUT2D eigenvalue weighted by molar-refractivity contribution is 8.18. The highest BCUT2D eigenvalue weighted by Crippen LogP contribution is 2.31. The first-order valence-corrected chi connectivity index (χ1v) is 10.5. The molecule has 2 heterocycles. The van der Waals surface area contributed by atoms with Gasteiger partial charge in [-0.2, -0.15) is 0 Å². The van der Waals surface area contributed by atoms with Crippen molar-refractivity contribution in [1.29, 1.82) is 0 Å². The molecule has 32 heavy (non-hydrogen) atoms. The first-order chi connectivity index (χ1) is 15.5. The lowest BCUT2D eigenvalue weighted by molar-refractivity contribution is -0.122. The SMILES string of the molecule is O=C(NCCN1C(=O)S/C(=C\c2ccc(F)cc2)C1=O)c1cnc(-c2ccccc2)nc1. The summed E-state index contributed by atoms with van der Waals surface area (Å²) in [5.74, 6) is -0.730. The quantitative estimate of drug-likeness (QED) is 0.578. The van der Waals surface area contributed by atoms with Gasteiger partial charge in [0.2, 0.25) is 0 Å². The number of nitrogens with one attached hydrogen (secondary N) is 1. The lowest BCUT2D eigenvalue weighted by atomic mass is 10.2. The number of rotatable bonds is 6. The molecule has 3 amide bonds. The summed E-state index contributed by atoms with van der Waals surface area (Å²) in [4.78, 5) is 46.8. The van der Waals surface area contributed by atoms with E-state index in [2.05, 4.69) is 15.3 Å². The molecule has 1 aliphatic heterocycles. The summed E-state index contributed by atoms with van der Waals surface area (Å²) in [5, 5.41) is 2.24. The number of thioether (sulfide) groups is 1.